The molecule has 3 rings (SSSR count). The SMILES string of the molecule is Cc1noc(C2CCC(NC(=O)C3(CN)CCOCC3)CC2)n1. The van der Waals surface area contributed by atoms with Crippen molar-refractivity contribution in [3.8, 4) is 0 Å². The summed E-state index contributed by atoms with van der Waals surface area (Å²) in [6, 6.07) is 0.217. The number of nitrogens with zero attached hydrogens (tertiary/aromatic N) is 2. The molecule has 0 spiro atoms. The average Bonchev–Trinajstić information content (AvgIpc) is 3.02. The Morgan fingerprint density at radius 3 is 2.57 bits per heavy atom. The van der Waals surface area contributed by atoms with Crippen molar-refractivity contribution in [2.24, 2.45) is 11.1 Å². The van der Waals surface area contributed by atoms with E-state index in [2.05, 4.69) is 15.5 Å². The second-order valence-electron chi connectivity index (χ2n) is 6.80. The number of amides is 1. The number of aryl methyl sites for hydroxylation is 1. The lowest BCUT2D eigenvalue weighted by atomic mass is 9.78. The van der Waals surface area contributed by atoms with Crippen LogP contribution in [-0.2, 0) is 9.53 Å². The van der Waals surface area contributed by atoms with E-state index in [0.717, 1.165) is 31.6 Å². The second-order valence-corrected chi connectivity index (χ2v) is 6.80. The zero-order valence-corrected chi connectivity index (χ0v) is 13.7. The van der Waals surface area contributed by atoms with Crippen molar-refractivity contribution in [1.29, 1.82) is 0 Å². The van der Waals surface area contributed by atoms with Crippen molar-refractivity contribution in [2.75, 3.05) is 19.8 Å². The molecule has 0 radical (unpaired) electrons. The van der Waals surface area contributed by atoms with Crippen LogP contribution in [0, 0.1) is 12.3 Å². The minimum Gasteiger partial charge on any atom is -0.381 e. The number of rotatable bonds is 4. The van der Waals surface area contributed by atoms with E-state index >= 15 is 0 Å². The van der Waals surface area contributed by atoms with E-state index in [0.29, 0.717) is 44.3 Å². The molecular formula is C16H26N4O3. The summed E-state index contributed by atoms with van der Waals surface area (Å²) in [5.41, 5.74) is 5.45. The molecule has 2 fully saturated rings. The molecule has 0 bridgehead atoms. The van der Waals surface area contributed by atoms with Gasteiger partial charge in [-0.25, -0.2) is 0 Å². The van der Waals surface area contributed by atoms with Crippen LogP contribution in [0.4, 0.5) is 0 Å². The summed E-state index contributed by atoms with van der Waals surface area (Å²) in [7, 11) is 0. The van der Waals surface area contributed by atoms with Crippen molar-refractivity contribution in [1.82, 2.24) is 15.5 Å². The van der Waals surface area contributed by atoms with Crippen LogP contribution in [0.1, 0.15) is 56.2 Å². The van der Waals surface area contributed by atoms with Gasteiger partial charge in [-0.05, 0) is 45.4 Å². The molecule has 0 aromatic carbocycles. The summed E-state index contributed by atoms with van der Waals surface area (Å²) in [6.07, 6.45) is 5.23. The van der Waals surface area contributed by atoms with E-state index in [1.165, 1.54) is 0 Å². The standard InChI is InChI=1S/C16H26N4O3/c1-11-18-14(23-20-11)12-2-4-13(5-3-12)19-15(21)16(10-17)6-8-22-9-7-16/h12-13H,2-10,17H2,1H3,(H,19,21). The van der Waals surface area contributed by atoms with Gasteiger partial charge in [0.05, 0.1) is 5.41 Å². The highest BCUT2D eigenvalue weighted by Gasteiger charge is 2.40. The molecule has 128 valence electrons. The molecule has 7 nitrogen and oxygen atoms in total. The highest BCUT2D eigenvalue weighted by atomic mass is 16.5. The quantitative estimate of drug-likeness (QED) is 0.865. The van der Waals surface area contributed by atoms with Crippen LogP contribution < -0.4 is 11.1 Å². The largest absolute Gasteiger partial charge is 0.381 e. The molecule has 1 aliphatic carbocycles. The number of hydrogen-bond acceptors (Lipinski definition) is 6. The Morgan fingerprint density at radius 1 is 1.30 bits per heavy atom. The number of nitrogens with one attached hydrogen (secondary N) is 1. The Kier molecular flexibility index (Phi) is 4.96. The normalized spacial score (nSPS) is 27.6. The summed E-state index contributed by atoms with van der Waals surface area (Å²) in [6.45, 7) is 3.46. The third-order valence-electron chi connectivity index (χ3n) is 5.28. The maximum Gasteiger partial charge on any atom is 0.229 e. The molecule has 2 heterocycles. The Morgan fingerprint density at radius 2 is 2.00 bits per heavy atom. The second kappa shape index (κ2) is 6.97. The number of carbonyl (C=O) groups is 1. The van der Waals surface area contributed by atoms with Gasteiger partial charge in [-0.3, -0.25) is 4.79 Å². The van der Waals surface area contributed by atoms with Gasteiger partial charge < -0.3 is 20.3 Å². The van der Waals surface area contributed by atoms with Gasteiger partial charge in [0, 0.05) is 31.7 Å². The van der Waals surface area contributed by atoms with Crippen LogP contribution in [0.2, 0.25) is 0 Å². The molecule has 2 aliphatic rings. The van der Waals surface area contributed by atoms with Gasteiger partial charge in [0.2, 0.25) is 11.8 Å². The fourth-order valence-electron chi connectivity index (χ4n) is 3.59. The van der Waals surface area contributed by atoms with Gasteiger partial charge in [0.25, 0.3) is 0 Å². The maximum atomic E-state index is 12.7. The first-order chi connectivity index (χ1) is 11.1. The molecule has 3 N–H and O–H groups in total. The smallest absolute Gasteiger partial charge is 0.229 e. The summed E-state index contributed by atoms with van der Waals surface area (Å²) in [5, 5.41) is 7.08. The summed E-state index contributed by atoms with van der Waals surface area (Å²) < 4.78 is 10.6. The van der Waals surface area contributed by atoms with Crippen molar-refractivity contribution < 1.29 is 14.1 Å². The summed E-state index contributed by atoms with van der Waals surface area (Å²) in [5.74, 6) is 1.83. The number of hydrogen-bond donors (Lipinski definition) is 2. The van der Waals surface area contributed by atoms with E-state index < -0.39 is 5.41 Å². The van der Waals surface area contributed by atoms with Crippen LogP contribution in [0.5, 0.6) is 0 Å². The molecular weight excluding hydrogens is 296 g/mol. The van der Waals surface area contributed by atoms with Crippen molar-refractivity contribution >= 4 is 5.91 Å². The van der Waals surface area contributed by atoms with E-state index in [-0.39, 0.29) is 11.9 Å². The van der Waals surface area contributed by atoms with E-state index in [4.69, 9.17) is 15.0 Å². The van der Waals surface area contributed by atoms with Crippen LogP contribution >= 0.6 is 0 Å². The number of nitrogens with two attached hydrogens (primary N) is 1. The van der Waals surface area contributed by atoms with Crippen LogP contribution in [0.3, 0.4) is 0 Å². The number of aromatic nitrogens is 2. The van der Waals surface area contributed by atoms with Gasteiger partial charge in [-0.1, -0.05) is 5.16 Å². The summed E-state index contributed by atoms with van der Waals surface area (Å²) >= 11 is 0. The third-order valence-corrected chi connectivity index (χ3v) is 5.28. The highest BCUT2D eigenvalue weighted by molar-refractivity contribution is 5.83. The third kappa shape index (κ3) is 3.55. The average molecular weight is 322 g/mol. The Bertz CT molecular complexity index is 531. The predicted molar refractivity (Wildman–Crippen MR) is 83.7 cm³/mol. The van der Waals surface area contributed by atoms with E-state index in [1.54, 1.807) is 0 Å². The van der Waals surface area contributed by atoms with Crippen molar-refractivity contribution in [3.05, 3.63) is 11.7 Å². The first-order valence-corrected chi connectivity index (χ1v) is 8.52. The molecule has 1 amide bonds. The fraction of sp³-hybridized carbons (Fsp3) is 0.812. The topological polar surface area (TPSA) is 103 Å². The van der Waals surface area contributed by atoms with Gasteiger partial charge in [0.15, 0.2) is 5.82 Å². The lowest BCUT2D eigenvalue weighted by molar-refractivity contribution is -0.136. The Balaban J connectivity index is 1.53. The molecule has 0 atom stereocenters. The Hall–Kier alpha value is -1.47. The minimum atomic E-state index is -0.446. The highest BCUT2D eigenvalue weighted by Crippen LogP contribution is 2.34. The Labute approximate surface area is 136 Å². The zero-order valence-electron chi connectivity index (χ0n) is 13.7. The minimum absolute atomic E-state index is 0.0976. The maximum absolute atomic E-state index is 12.7. The number of ether oxygens (including phenoxy) is 1. The monoisotopic (exact) mass is 322 g/mol. The van der Waals surface area contributed by atoms with Gasteiger partial charge >= 0.3 is 0 Å². The number of carbonyl (C=O) groups excluding carboxylic acids is 1. The lowest BCUT2D eigenvalue weighted by Crippen LogP contribution is -2.52. The van der Waals surface area contributed by atoms with Crippen LogP contribution in [0.25, 0.3) is 0 Å². The molecule has 1 aromatic rings. The molecule has 0 unspecified atom stereocenters. The van der Waals surface area contributed by atoms with Gasteiger partial charge in [0.1, 0.15) is 0 Å². The van der Waals surface area contributed by atoms with Crippen molar-refractivity contribution in [2.45, 2.75) is 57.4 Å². The molecule has 7 heteroatoms. The molecule has 1 aromatic heterocycles. The van der Waals surface area contributed by atoms with Crippen LogP contribution in [-0.4, -0.2) is 41.8 Å². The van der Waals surface area contributed by atoms with Crippen LogP contribution in [0.15, 0.2) is 4.52 Å². The molecule has 1 saturated heterocycles. The molecule has 23 heavy (non-hydrogen) atoms. The van der Waals surface area contributed by atoms with Gasteiger partial charge in [-0.15, -0.1) is 0 Å². The van der Waals surface area contributed by atoms with Gasteiger partial charge in [-0.2, -0.15) is 4.98 Å². The first kappa shape index (κ1) is 16.4. The summed E-state index contributed by atoms with van der Waals surface area (Å²) in [4.78, 5) is 17.0. The zero-order chi connectivity index (χ0) is 16.3. The van der Waals surface area contributed by atoms with Crippen molar-refractivity contribution in [3.63, 3.8) is 0 Å². The predicted octanol–water partition coefficient (Wildman–Crippen LogP) is 1.28. The van der Waals surface area contributed by atoms with E-state index in [9.17, 15) is 4.79 Å². The van der Waals surface area contributed by atoms with E-state index in [1.807, 2.05) is 6.92 Å². The lowest BCUT2D eigenvalue weighted by Gasteiger charge is -2.37. The molecule has 1 saturated carbocycles. The fourth-order valence-corrected chi connectivity index (χ4v) is 3.59. The molecule has 1 aliphatic heterocycles. The first-order valence-electron chi connectivity index (χ1n) is 8.52.